The maximum absolute atomic E-state index is 11.2. The summed E-state index contributed by atoms with van der Waals surface area (Å²) in [4.78, 5) is 13.3. The Morgan fingerprint density at radius 1 is 1.64 bits per heavy atom. The fourth-order valence-electron chi connectivity index (χ4n) is 0.965. The molecule has 0 aliphatic rings. The fraction of sp³-hybridized carbons (Fsp3) is 0.500. The van der Waals surface area contributed by atoms with Crippen molar-refractivity contribution in [1.82, 2.24) is 9.55 Å². The van der Waals surface area contributed by atoms with E-state index in [1.54, 1.807) is 10.8 Å². The molecule has 0 radical (unpaired) electrons. The van der Waals surface area contributed by atoms with E-state index < -0.39 is 10.8 Å². The summed E-state index contributed by atoms with van der Waals surface area (Å²) in [5, 5.41) is 0. The summed E-state index contributed by atoms with van der Waals surface area (Å²) in [7, 11) is -0.800. The van der Waals surface area contributed by atoms with E-state index in [-0.39, 0.29) is 5.56 Å². The van der Waals surface area contributed by atoms with Crippen LogP contribution in [0.1, 0.15) is 6.92 Å². The molecule has 14 heavy (non-hydrogen) atoms. The minimum absolute atomic E-state index is 0.206. The number of hydrogen-bond acceptors (Lipinski definition) is 3. The maximum Gasteiger partial charge on any atom is 0.251 e. The highest BCUT2D eigenvalue weighted by molar-refractivity contribution is 7.84. The lowest BCUT2D eigenvalue weighted by molar-refractivity contribution is 0.668. The Kier molecular flexibility index (Phi) is 4.21. The quantitative estimate of drug-likeness (QED) is 0.776. The number of aromatic nitrogens is 2. The van der Waals surface area contributed by atoms with Gasteiger partial charge < -0.3 is 4.57 Å². The van der Waals surface area contributed by atoms with Crippen molar-refractivity contribution in [3.63, 3.8) is 0 Å². The Balaban J connectivity index is 2.73. The third-order valence-electron chi connectivity index (χ3n) is 1.78. The van der Waals surface area contributed by atoms with E-state index in [4.69, 9.17) is 12.2 Å². The topological polar surface area (TPSA) is 54.9 Å². The molecule has 0 aromatic carbocycles. The molecule has 0 fully saturated rings. The molecule has 1 heterocycles. The van der Waals surface area contributed by atoms with Gasteiger partial charge in [0.25, 0.3) is 5.56 Å². The van der Waals surface area contributed by atoms with E-state index in [2.05, 4.69) is 4.98 Å². The van der Waals surface area contributed by atoms with E-state index in [1.165, 1.54) is 6.07 Å². The Morgan fingerprint density at radius 3 is 2.93 bits per heavy atom. The van der Waals surface area contributed by atoms with Crippen LogP contribution in [0, 0.1) is 4.77 Å². The maximum atomic E-state index is 11.2. The van der Waals surface area contributed by atoms with Gasteiger partial charge in [-0.3, -0.25) is 14.0 Å². The van der Waals surface area contributed by atoms with Crippen LogP contribution in [-0.4, -0.2) is 25.3 Å². The molecular weight excluding hydrogens is 220 g/mol. The predicted octanol–water partition coefficient (Wildman–Crippen LogP) is 0.674. The van der Waals surface area contributed by atoms with Gasteiger partial charge in [0.2, 0.25) is 0 Å². The van der Waals surface area contributed by atoms with Gasteiger partial charge in [-0.15, -0.1) is 0 Å². The number of aromatic amines is 1. The van der Waals surface area contributed by atoms with Crippen LogP contribution in [-0.2, 0) is 17.3 Å². The average Bonchev–Trinajstić information content (AvgIpc) is 2.16. The second-order valence-corrected chi connectivity index (χ2v) is 4.99. The molecule has 4 nitrogen and oxygen atoms in total. The van der Waals surface area contributed by atoms with Crippen molar-refractivity contribution in [1.29, 1.82) is 0 Å². The summed E-state index contributed by atoms with van der Waals surface area (Å²) in [5.74, 6) is 1.22. The normalized spacial score (nSPS) is 12.6. The van der Waals surface area contributed by atoms with Crippen molar-refractivity contribution in [3.05, 3.63) is 27.4 Å². The van der Waals surface area contributed by atoms with Crippen LogP contribution in [0.5, 0.6) is 0 Å². The molecule has 0 amide bonds. The van der Waals surface area contributed by atoms with Gasteiger partial charge in [0.1, 0.15) is 0 Å². The van der Waals surface area contributed by atoms with E-state index >= 15 is 0 Å². The van der Waals surface area contributed by atoms with Crippen molar-refractivity contribution in [2.75, 3.05) is 11.5 Å². The zero-order valence-corrected chi connectivity index (χ0v) is 9.49. The molecular formula is C8H12N2O2S2. The summed E-state index contributed by atoms with van der Waals surface area (Å²) in [6.07, 6.45) is 1.62. The van der Waals surface area contributed by atoms with Gasteiger partial charge in [-0.2, -0.15) is 0 Å². The molecule has 0 aliphatic heterocycles. The fourth-order valence-corrected chi connectivity index (χ4v) is 1.91. The number of rotatable bonds is 4. The lowest BCUT2D eigenvalue weighted by Crippen LogP contribution is -2.14. The van der Waals surface area contributed by atoms with Crippen molar-refractivity contribution in [2.24, 2.45) is 0 Å². The zero-order chi connectivity index (χ0) is 10.6. The Labute approximate surface area is 89.4 Å². The molecule has 6 heteroatoms. The predicted molar refractivity (Wildman–Crippen MR) is 59.4 cm³/mol. The minimum atomic E-state index is -0.800. The molecule has 78 valence electrons. The second kappa shape index (κ2) is 5.21. The van der Waals surface area contributed by atoms with E-state index in [9.17, 15) is 9.00 Å². The van der Waals surface area contributed by atoms with Crippen molar-refractivity contribution in [2.45, 2.75) is 13.5 Å². The second-order valence-electron chi connectivity index (χ2n) is 2.74. The molecule has 0 saturated carbocycles. The molecule has 0 bridgehead atoms. The molecule has 1 aromatic rings. The van der Waals surface area contributed by atoms with Gasteiger partial charge in [0.15, 0.2) is 4.77 Å². The van der Waals surface area contributed by atoms with Crippen LogP contribution in [0.3, 0.4) is 0 Å². The summed E-state index contributed by atoms with van der Waals surface area (Å²) in [6, 6.07) is 1.41. The van der Waals surface area contributed by atoms with Crippen molar-refractivity contribution < 1.29 is 4.21 Å². The number of hydrogen-bond donors (Lipinski definition) is 1. The first-order valence-corrected chi connectivity index (χ1v) is 6.18. The van der Waals surface area contributed by atoms with E-state index in [0.717, 1.165) is 0 Å². The number of nitrogens with one attached hydrogen (secondary N) is 1. The summed E-state index contributed by atoms with van der Waals surface area (Å²) in [6.45, 7) is 2.46. The standard InChI is InChI=1S/C8H12N2O2S2/c1-2-14(12)6-5-10-4-3-7(11)9-8(10)13/h3-4H,2,5-6H2,1H3,(H,9,11,13). The van der Waals surface area contributed by atoms with Crippen LogP contribution in [0.4, 0.5) is 0 Å². The Hall–Kier alpha value is -0.750. The Bertz CT molecular complexity index is 435. The molecule has 1 N–H and O–H groups in total. The molecule has 1 atom stereocenters. The van der Waals surface area contributed by atoms with Gasteiger partial charge in [0, 0.05) is 41.1 Å². The monoisotopic (exact) mass is 232 g/mol. The Morgan fingerprint density at radius 2 is 2.36 bits per heavy atom. The third-order valence-corrected chi connectivity index (χ3v) is 3.40. The SMILES string of the molecule is CCS(=O)CCn1ccc(=O)[nH]c1=S. The highest BCUT2D eigenvalue weighted by Gasteiger charge is 1.97. The lowest BCUT2D eigenvalue weighted by Gasteiger charge is -2.04. The highest BCUT2D eigenvalue weighted by atomic mass is 32.2. The van der Waals surface area contributed by atoms with Crippen molar-refractivity contribution in [3.8, 4) is 0 Å². The largest absolute Gasteiger partial charge is 0.324 e. The number of aryl methyl sites for hydroxylation is 1. The minimum Gasteiger partial charge on any atom is -0.324 e. The van der Waals surface area contributed by atoms with Gasteiger partial charge in [-0.05, 0) is 12.2 Å². The molecule has 1 unspecified atom stereocenters. The molecule has 1 rings (SSSR count). The van der Waals surface area contributed by atoms with Crippen LogP contribution < -0.4 is 5.56 Å². The first-order valence-electron chi connectivity index (χ1n) is 4.28. The van der Waals surface area contributed by atoms with Crippen LogP contribution in [0.25, 0.3) is 0 Å². The lowest BCUT2D eigenvalue weighted by atomic mass is 10.6. The van der Waals surface area contributed by atoms with Crippen LogP contribution in [0.2, 0.25) is 0 Å². The van der Waals surface area contributed by atoms with Crippen LogP contribution in [0.15, 0.2) is 17.1 Å². The summed E-state index contributed by atoms with van der Waals surface area (Å²) >= 11 is 4.94. The summed E-state index contributed by atoms with van der Waals surface area (Å²) in [5.41, 5.74) is -0.206. The first kappa shape index (κ1) is 11.3. The van der Waals surface area contributed by atoms with E-state index in [1.807, 2.05) is 6.92 Å². The average molecular weight is 232 g/mol. The highest BCUT2D eigenvalue weighted by Crippen LogP contribution is 1.90. The zero-order valence-electron chi connectivity index (χ0n) is 7.86. The van der Waals surface area contributed by atoms with Gasteiger partial charge >= 0.3 is 0 Å². The van der Waals surface area contributed by atoms with Crippen molar-refractivity contribution >= 4 is 23.0 Å². The smallest absolute Gasteiger partial charge is 0.251 e. The van der Waals surface area contributed by atoms with E-state index in [0.29, 0.717) is 22.8 Å². The third kappa shape index (κ3) is 3.19. The van der Waals surface area contributed by atoms with Crippen LogP contribution >= 0.6 is 12.2 Å². The molecule has 0 spiro atoms. The summed E-state index contributed by atoms with van der Waals surface area (Å²) < 4.78 is 13.2. The number of H-pyrrole nitrogens is 1. The van der Waals surface area contributed by atoms with Gasteiger partial charge in [-0.25, -0.2) is 0 Å². The van der Waals surface area contributed by atoms with Gasteiger partial charge in [-0.1, -0.05) is 6.92 Å². The molecule has 0 saturated heterocycles. The molecule has 1 aromatic heterocycles. The first-order chi connectivity index (χ1) is 6.63. The van der Waals surface area contributed by atoms with Gasteiger partial charge in [0.05, 0.1) is 0 Å². The number of nitrogens with zero attached hydrogens (tertiary/aromatic N) is 1. The molecule has 0 aliphatic carbocycles.